The molecule has 0 fully saturated rings. The molecule has 1 atom stereocenters. The number of esters is 1. The lowest BCUT2D eigenvalue weighted by Gasteiger charge is -2.07. The predicted molar refractivity (Wildman–Crippen MR) is 138 cm³/mol. The first-order valence-corrected chi connectivity index (χ1v) is 12.9. The van der Waals surface area contributed by atoms with Crippen LogP contribution in [-0.4, -0.2) is 22.5 Å². The fourth-order valence-electron chi connectivity index (χ4n) is 3.57. The van der Waals surface area contributed by atoms with E-state index in [4.69, 9.17) is 4.74 Å². The number of hydrogen-bond donors (Lipinski definition) is 0. The zero-order valence-electron chi connectivity index (χ0n) is 20.9. The minimum Gasteiger partial charge on any atom is -0.462 e. The van der Waals surface area contributed by atoms with E-state index in [9.17, 15) is 4.79 Å². The number of carbonyl (C=O) groups excluding carboxylic acids is 1. The van der Waals surface area contributed by atoms with Crippen molar-refractivity contribution in [3.8, 4) is 11.4 Å². The molecule has 1 aromatic heterocycles. The molecule has 0 N–H and O–H groups in total. The van der Waals surface area contributed by atoms with Gasteiger partial charge in [-0.25, -0.2) is 14.8 Å². The molecule has 0 aliphatic heterocycles. The first kappa shape index (κ1) is 26.8. The molecule has 4 heteroatoms. The molecule has 0 radical (unpaired) electrons. The second-order valence-electron chi connectivity index (χ2n) is 9.09. The third-order valence-electron chi connectivity index (χ3n) is 6.06. The molecule has 4 nitrogen and oxygen atoms in total. The molecule has 180 valence electrons. The van der Waals surface area contributed by atoms with Crippen molar-refractivity contribution in [2.75, 3.05) is 6.61 Å². The summed E-state index contributed by atoms with van der Waals surface area (Å²) in [6, 6.07) is 7.90. The highest BCUT2D eigenvalue weighted by atomic mass is 16.5. The third kappa shape index (κ3) is 11.3. The van der Waals surface area contributed by atoms with Gasteiger partial charge in [-0.1, -0.05) is 103 Å². The van der Waals surface area contributed by atoms with Crippen molar-refractivity contribution in [1.29, 1.82) is 0 Å². The molecule has 0 saturated heterocycles. The fraction of sp³-hybridized carbons (Fsp3) is 0.552. The maximum absolute atomic E-state index is 11.8. The van der Waals surface area contributed by atoms with E-state index in [-0.39, 0.29) is 5.97 Å². The summed E-state index contributed by atoms with van der Waals surface area (Å²) in [5, 5.41) is 0. The molecule has 0 unspecified atom stereocenters. The van der Waals surface area contributed by atoms with Gasteiger partial charge in [-0.05, 0) is 36.0 Å². The minimum atomic E-state index is -0.301. The summed E-state index contributed by atoms with van der Waals surface area (Å²) in [5.74, 6) is 0.817. The number of aromatic nitrogens is 2. The van der Waals surface area contributed by atoms with Gasteiger partial charge >= 0.3 is 5.97 Å². The summed E-state index contributed by atoms with van der Waals surface area (Å²) in [7, 11) is 0. The summed E-state index contributed by atoms with van der Waals surface area (Å²) in [5.41, 5.74) is 3.12. The van der Waals surface area contributed by atoms with Gasteiger partial charge in [-0.15, -0.1) is 0 Å². The lowest BCUT2D eigenvalue weighted by atomic mass is 10.1. The molecule has 2 aromatic rings. The van der Waals surface area contributed by atoms with Crippen LogP contribution in [0.1, 0.15) is 96.1 Å². The number of aryl methyl sites for hydroxylation is 1. The molecule has 33 heavy (non-hydrogen) atoms. The van der Waals surface area contributed by atoms with E-state index < -0.39 is 0 Å². The second kappa shape index (κ2) is 16.2. The Hall–Kier alpha value is -2.49. The van der Waals surface area contributed by atoms with E-state index in [0.717, 1.165) is 29.8 Å². The van der Waals surface area contributed by atoms with E-state index in [0.29, 0.717) is 12.5 Å². The number of nitrogens with zero attached hydrogens (tertiary/aromatic N) is 2. The van der Waals surface area contributed by atoms with Gasteiger partial charge < -0.3 is 4.74 Å². The highest BCUT2D eigenvalue weighted by molar-refractivity contribution is 5.87. The van der Waals surface area contributed by atoms with Crippen molar-refractivity contribution in [1.82, 2.24) is 9.97 Å². The summed E-state index contributed by atoms with van der Waals surface area (Å²) >= 11 is 0. The van der Waals surface area contributed by atoms with Crippen molar-refractivity contribution < 1.29 is 9.53 Å². The Morgan fingerprint density at radius 2 is 1.52 bits per heavy atom. The Morgan fingerprint density at radius 1 is 0.909 bits per heavy atom. The zero-order chi connectivity index (χ0) is 23.7. The number of unbranched alkanes of at least 4 members (excludes halogenated alkanes) is 8. The molecule has 0 aliphatic carbocycles. The van der Waals surface area contributed by atoms with Gasteiger partial charge in [0.15, 0.2) is 5.82 Å². The molecule has 0 spiro atoms. The Bertz CT molecular complexity index is 813. The van der Waals surface area contributed by atoms with Crippen molar-refractivity contribution in [3.63, 3.8) is 0 Å². The molecule has 2 rings (SSSR count). The molecular weight excluding hydrogens is 408 g/mol. The van der Waals surface area contributed by atoms with Crippen LogP contribution in [0.25, 0.3) is 17.5 Å². The molecule has 0 aliphatic rings. The van der Waals surface area contributed by atoms with E-state index in [1.807, 2.05) is 36.7 Å². The quantitative estimate of drug-likeness (QED) is 0.149. The summed E-state index contributed by atoms with van der Waals surface area (Å²) < 4.78 is 5.24. The third-order valence-corrected chi connectivity index (χ3v) is 6.06. The molecule has 0 amide bonds. The van der Waals surface area contributed by atoms with Gasteiger partial charge in [-0.2, -0.15) is 0 Å². The van der Waals surface area contributed by atoms with Crippen LogP contribution in [-0.2, 0) is 16.0 Å². The maximum atomic E-state index is 11.8. The topological polar surface area (TPSA) is 52.1 Å². The lowest BCUT2D eigenvalue weighted by molar-refractivity contribution is -0.138. The van der Waals surface area contributed by atoms with Crippen LogP contribution < -0.4 is 0 Å². The first-order valence-electron chi connectivity index (χ1n) is 12.9. The van der Waals surface area contributed by atoms with Crippen LogP contribution in [0, 0.1) is 5.92 Å². The number of rotatable bonds is 16. The van der Waals surface area contributed by atoms with Gasteiger partial charge in [0.1, 0.15) is 0 Å². The van der Waals surface area contributed by atoms with Crippen LogP contribution >= 0.6 is 0 Å². The SMILES string of the molecule is CCCCCCCCCCCc1cnc(-c2ccc(C=CC(=O)OC[C@H](C)CC)cc2)nc1. The van der Waals surface area contributed by atoms with E-state index >= 15 is 0 Å². The number of benzene rings is 1. The summed E-state index contributed by atoms with van der Waals surface area (Å²) in [6.45, 7) is 6.89. The minimum absolute atomic E-state index is 0.301. The number of hydrogen-bond acceptors (Lipinski definition) is 4. The average Bonchev–Trinajstić information content (AvgIpc) is 2.85. The second-order valence-corrected chi connectivity index (χ2v) is 9.09. The van der Waals surface area contributed by atoms with Gasteiger partial charge in [0, 0.05) is 24.0 Å². The largest absolute Gasteiger partial charge is 0.462 e. The van der Waals surface area contributed by atoms with Crippen molar-refractivity contribution in [2.45, 2.75) is 91.4 Å². The summed E-state index contributed by atoms with van der Waals surface area (Å²) in [4.78, 5) is 20.9. The molecule has 0 saturated carbocycles. The van der Waals surface area contributed by atoms with Crippen LogP contribution in [0.4, 0.5) is 0 Å². The van der Waals surface area contributed by atoms with Crippen molar-refractivity contribution in [3.05, 3.63) is 53.9 Å². The smallest absolute Gasteiger partial charge is 0.330 e. The van der Waals surface area contributed by atoms with E-state index in [2.05, 4.69) is 30.7 Å². The van der Waals surface area contributed by atoms with E-state index in [1.165, 1.54) is 69.4 Å². The molecular formula is C29H42N2O2. The monoisotopic (exact) mass is 450 g/mol. The lowest BCUT2D eigenvalue weighted by Crippen LogP contribution is -2.08. The Morgan fingerprint density at radius 3 is 2.12 bits per heavy atom. The standard InChI is InChI=1S/C29H42N2O2/c1-4-6-7-8-9-10-11-12-13-14-26-21-30-29(31-22-26)27-18-15-25(16-19-27)17-20-28(32)33-23-24(3)5-2/h15-22,24H,4-14,23H2,1-3H3/t24-/m1/s1. The molecule has 0 bridgehead atoms. The normalized spacial score (nSPS) is 12.2. The number of ether oxygens (including phenoxy) is 1. The molecule has 1 aromatic carbocycles. The van der Waals surface area contributed by atoms with Crippen molar-refractivity contribution >= 4 is 12.0 Å². The van der Waals surface area contributed by atoms with E-state index in [1.54, 1.807) is 6.08 Å². The maximum Gasteiger partial charge on any atom is 0.330 e. The fourth-order valence-corrected chi connectivity index (χ4v) is 3.57. The highest BCUT2D eigenvalue weighted by Crippen LogP contribution is 2.17. The Labute approximate surface area is 200 Å². The predicted octanol–water partition coefficient (Wildman–Crippen LogP) is 7.82. The Balaban J connectivity index is 1.71. The molecule has 1 heterocycles. The zero-order valence-corrected chi connectivity index (χ0v) is 20.9. The van der Waals surface area contributed by atoms with Gasteiger partial charge in [0.25, 0.3) is 0 Å². The van der Waals surface area contributed by atoms with Crippen molar-refractivity contribution in [2.24, 2.45) is 5.92 Å². The Kier molecular flexibility index (Phi) is 13.1. The first-order chi connectivity index (χ1) is 16.1. The highest BCUT2D eigenvalue weighted by Gasteiger charge is 2.04. The number of carbonyl (C=O) groups is 1. The van der Waals surface area contributed by atoms with Gasteiger partial charge in [0.05, 0.1) is 6.61 Å². The van der Waals surface area contributed by atoms with Gasteiger partial charge in [-0.3, -0.25) is 0 Å². The van der Waals surface area contributed by atoms with Crippen LogP contribution in [0.15, 0.2) is 42.7 Å². The van der Waals surface area contributed by atoms with Crippen LogP contribution in [0.5, 0.6) is 0 Å². The average molecular weight is 451 g/mol. The van der Waals surface area contributed by atoms with Crippen LogP contribution in [0.3, 0.4) is 0 Å². The summed E-state index contributed by atoms with van der Waals surface area (Å²) in [6.07, 6.45) is 21.3. The van der Waals surface area contributed by atoms with Gasteiger partial charge in [0.2, 0.25) is 0 Å². The van der Waals surface area contributed by atoms with Crippen LogP contribution in [0.2, 0.25) is 0 Å².